The van der Waals surface area contributed by atoms with Crippen molar-refractivity contribution in [1.82, 2.24) is 0 Å². The number of hydrogen-bond donors (Lipinski definition) is 0. The van der Waals surface area contributed by atoms with Crippen LogP contribution in [0.4, 0.5) is 0 Å². The highest BCUT2D eigenvalue weighted by Gasteiger charge is 2.02. The summed E-state index contributed by atoms with van der Waals surface area (Å²) < 4.78 is 2.09. The largest absolute Gasteiger partial charge is 0.207 e. The lowest BCUT2D eigenvalue weighted by Crippen LogP contribution is -2.27. The topological polar surface area (TPSA) is 3.88 Å². The third-order valence-electron chi connectivity index (χ3n) is 2.24. The molecule has 1 heteroatoms. The molecule has 0 unspecified atom stereocenters. The molecule has 1 aromatic carbocycles. The third-order valence-corrected chi connectivity index (χ3v) is 2.24. The standard InChI is InChI=1S/C13H14N/c1-11-8-13(10-14(2)9-11)12-6-4-3-5-7-12/h3-10H,1-2H3/q+1. The normalized spacial score (nSPS) is 10.1. The number of benzene rings is 1. The minimum atomic E-state index is 1.27. The van der Waals surface area contributed by atoms with Crippen LogP contribution >= 0.6 is 0 Å². The average molecular weight is 184 g/mol. The summed E-state index contributed by atoms with van der Waals surface area (Å²) in [5.41, 5.74) is 3.83. The second kappa shape index (κ2) is 3.62. The van der Waals surface area contributed by atoms with E-state index in [4.69, 9.17) is 0 Å². The number of rotatable bonds is 1. The van der Waals surface area contributed by atoms with Crippen molar-refractivity contribution >= 4 is 0 Å². The molecular weight excluding hydrogens is 170 g/mol. The van der Waals surface area contributed by atoms with Gasteiger partial charge in [0.25, 0.3) is 0 Å². The Labute approximate surface area is 84.6 Å². The lowest BCUT2D eigenvalue weighted by atomic mass is 10.1. The van der Waals surface area contributed by atoms with E-state index in [1.54, 1.807) is 0 Å². The Morgan fingerprint density at radius 1 is 0.929 bits per heavy atom. The van der Waals surface area contributed by atoms with Crippen molar-refractivity contribution in [3.05, 3.63) is 54.4 Å². The Bertz CT molecular complexity index is 412. The fraction of sp³-hybridized carbons (Fsp3) is 0.154. The van der Waals surface area contributed by atoms with E-state index < -0.39 is 0 Å². The highest BCUT2D eigenvalue weighted by molar-refractivity contribution is 5.61. The van der Waals surface area contributed by atoms with Crippen molar-refractivity contribution in [3.63, 3.8) is 0 Å². The van der Waals surface area contributed by atoms with E-state index in [1.807, 2.05) is 6.07 Å². The summed E-state index contributed by atoms with van der Waals surface area (Å²) in [5.74, 6) is 0. The Hall–Kier alpha value is -1.63. The van der Waals surface area contributed by atoms with Crippen molar-refractivity contribution in [2.45, 2.75) is 6.92 Å². The molecule has 1 heterocycles. The maximum Gasteiger partial charge on any atom is 0.176 e. The first-order valence-corrected chi connectivity index (χ1v) is 4.78. The second-order valence-electron chi connectivity index (χ2n) is 3.63. The minimum absolute atomic E-state index is 1.27. The monoisotopic (exact) mass is 184 g/mol. The predicted molar refractivity (Wildman–Crippen MR) is 57.8 cm³/mol. The van der Waals surface area contributed by atoms with Crippen LogP contribution in [0.15, 0.2) is 48.8 Å². The van der Waals surface area contributed by atoms with Gasteiger partial charge < -0.3 is 0 Å². The van der Waals surface area contributed by atoms with Gasteiger partial charge in [-0.15, -0.1) is 0 Å². The van der Waals surface area contributed by atoms with E-state index in [0.717, 1.165) is 0 Å². The summed E-state index contributed by atoms with van der Waals surface area (Å²) in [6, 6.07) is 12.6. The number of pyridine rings is 1. The molecule has 2 aromatic rings. The number of aryl methyl sites for hydroxylation is 2. The highest BCUT2D eigenvalue weighted by atomic mass is 14.9. The molecule has 0 bridgehead atoms. The van der Waals surface area contributed by atoms with Gasteiger partial charge in [-0.25, -0.2) is 4.57 Å². The van der Waals surface area contributed by atoms with Gasteiger partial charge in [0.1, 0.15) is 7.05 Å². The maximum absolute atomic E-state index is 2.20. The summed E-state index contributed by atoms with van der Waals surface area (Å²) in [7, 11) is 2.06. The van der Waals surface area contributed by atoms with Crippen molar-refractivity contribution in [2.24, 2.45) is 7.05 Å². The molecular formula is C13H14N+. The Morgan fingerprint density at radius 3 is 2.29 bits per heavy atom. The molecule has 0 aliphatic heterocycles. The van der Waals surface area contributed by atoms with E-state index in [2.05, 4.69) is 61.3 Å². The summed E-state index contributed by atoms with van der Waals surface area (Å²) >= 11 is 0. The van der Waals surface area contributed by atoms with Gasteiger partial charge in [-0.3, -0.25) is 0 Å². The molecule has 1 aromatic heterocycles. The first-order chi connectivity index (χ1) is 6.75. The van der Waals surface area contributed by atoms with Crippen LogP contribution < -0.4 is 4.57 Å². The quantitative estimate of drug-likeness (QED) is 0.599. The van der Waals surface area contributed by atoms with Gasteiger partial charge in [0.05, 0.1) is 0 Å². The maximum atomic E-state index is 2.20. The van der Waals surface area contributed by atoms with Crippen LogP contribution in [-0.2, 0) is 7.05 Å². The summed E-state index contributed by atoms with van der Waals surface area (Å²) in [5, 5.41) is 0. The molecule has 2 rings (SSSR count). The average Bonchev–Trinajstić information content (AvgIpc) is 2.18. The van der Waals surface area contributed by atoms with Gasteiger partial charge in [0.15, 0.2) is 12.4 Å². The predicted octanol–water partition coefficient (Wildman–Crippen LogP) is 2.49. The zero-order chi connectivity index (χ0) is 9.97. The van der Waals surface area contributed by atoms with Crippen LogP contribution in [-0.4, -0.2) is 0 Å². The molecule has 0 N–H and O–H groups in total. The first kappa shape index (κ1) is 8.95. The number of nitrogens with zero attached hydrogens (tertiary/aromatic N) is 1. The van der Waals surface area contributed by atoms with Gasteiger partial charge in [0.2, 0.25) is 0 Å². The van der Waals surface area contributed by atoms with Gasteiger partial charge >= 0.3 is 0 Å². The van der Waals surface area contributed by atoms with E-state index in [1.165, 1.54) is 16.7 Å². The van der Waals surface area contributed by atoms with E-state index in [9.17, 15) is 0 Å². The number of aromatic nitrogens is 1. The molecule has 70 valence electrons. The molecule has 0 spiro atoms. The Morgan fingerprint density at radius 2 is 1.64 bits per heavy atom. The summed E-state index contributed by atoms with van der Waals surface area (Å²) in [4.78, 5) is 0. The van der Waals surface area contributed by atoms with Crippen molar-refractivity contribution < 1.29 is 4.57 Å². The summed E-state index contributed by atoms with van der Waals surface area (Å²) in [6.07, 6.45) is 4.26. The fourth-order valence-electron chi connectivity index (χ4n) is 1.69. The highest BCUT2D eigenvalue weighted by Crippen LogP contribution is 2.17. The number of hydrogen-bond acceptors (Lipinski definition) is 0. The molecule has 0 saturated carbocycles. The van der Waals surface area contributed by atoms with Crippen LogP contribution in [0.3, 0.4) is 0 Å². The SMILES string of the molecule is Cc1cc(-c2ccccc2)c[n+](C)c1. The molecule has 0 amide bonds. The Balaban J connectivity index is 2.52. The molecule has 0 atom stereocenters. The molecule has 0 radical (unpaired) electrons. The zero-order valence-electron chi connectivity index (χ0n) is 8.57. The van der Waals surface area contributed by atoms with Crippen LogP contribution in [0.25, 0.3) is 11.1 Å². The second-order valence-corrected chi connectivity index (χ2v) is 3.63. The van der Waals surface area contributed by atoms with Crippen LogP contribution in [0, 0.1) is 6.92 Å². The first-order valence-electron chi connectivity index (χ1n) is 4.78. The van der Waals surface area contributed by atoms with Crippen LogP contribution in [0.5, 0.6) is 0 Å². The fourth-order valence-corrected chi connectivity index (χ4v) is 1.69. The molecule has 0 fully saturated rings. The van der Waals surface area contributed by atoms with Gasteiger partial charge in [-0.1, -0.05) is 30.3 Å². The zero-order valence-corrected chi connectivity index (χ0v) is 8.57. The smallest absolute Gasteiger partial charge is 0.176 e. The van der Waals surface area contributed by atoms with Gasteiger partial charge in [0, 0.05) is 11.1 Å². The van der Waals surface area contributed by atoms with Crippen molar-refractivity contribution in [2.75, 3.05) is 0 Å². The minimum Gasteiger partial charge on any atom is -0.207 e. The van der Waals surface area contributed by atoms with Crippen LogP contribution in [0.2, 0.25) is 0 Å². The van der Waals surface area contributed by atoms with Crippen LogP contribution in [0.1, 0.15) is 5.56 Å². The van der Waals surface area contributed by atoms with E-state index >= 15 is 0 Å². The van der Waals surface area contributed by atoms with Gasteiger partial charge in [-0.05, 0) is 18.6 Å². The lowest BCUT2D eigenvalue weighted by Gasteiger charge is -2.00. The molecule has 0 aliphatic rings. The molecule has 14 heavy (non-hydrogen) atoms. The third kappa shape index (κ3) is 1.82. The van der Waals surface area contributed by atoms with E-state index in [-0.39, 0.29) is 0 Å². The Kier molecular flexibility index (Phi) is 2.32. The molecule has 0 aliphatic carbocycles. The van der Waals surface area contributed by atoms with Crippen molar-refractivity contribution in [1.29, 1.82) is 0 Å². The molecule has 1 nitrogen and oxygen atoms in total. The lowest BCUT2D eigenvalue weighted by molar-refractivity contribution is -0.671. The van der Waals surface area contributed by atoms with Crippen molar-refractivity contribution in [3.8, 4) is 11.1 Å². The van der Waals surface area contributed by atoms with Gasteiger partial charge in [-0.2, -0.15) is 0 Å². The summed E-state index contributed by atoms with van der Waals surface area (Å²) in [6.45, 7) is 2.12. The van der Waals surface area contributed by atoms with E-state index in [0.29, 0.717) is 0 Å². The molecule has 0 saturated heterocycles.